The fraction of sp³-hybridized carbons (Fsp3) is 0.615. The van der Waals surface area contributed by atoms with Crippen LogP contribution in [0.1, 0.15) is 24.7 Å². The number of ether oxygens (including phenoxy) is 1. The van der Waals surface area contributed by atoms with Gasteiger partial charge in [-0.25, -0.2) is 4.98 Å². The van der Waals surface area contributed by atoms with Crippen LogP contribution in [-0.4, -0.2) is 56.1 Å². The van der Waals surface area contributed by atoms with Gasteiger partial charge in [-0.2, -0.15) is 10.2 Å². The molecule has 3 heterocycles. The predicted octanol–water partition coefficient (Wildman–Crippen LogP) is 0.637. The molecule has 0 aliphatic carbocycles. The highest BCUT2D eigenvalue weighted by molar-refractivity contribution is 4.96. The van der Waals surface area contributed by atoms with E-state index in [4.69, 9.17) is 4.74 Å². The smallest absolute Gasteiger partial charge is 0.180 e. The van der Waals surface area contributed by atoms with Gasteiger partial charge in [0.2, 0.25) is 0 Å². The Balaban J connectivity index is 1.55. The lowest BCUT2D eigenvalue weighted by Crippen LogP contribution is -2.40. The molecule has 2 aromatic rings. The summed E-state index contributed by atoms with van der Waals surface area (Å²) in [6.07, 6.45) is 4.63. The predicted molar refractivity (Wildman–Crippen MR) is 73.1 cm³/mol. The normalized spacial score (nSPS) is 20.4. The summed E-state index contributed by atoms with van der Waals surface area (Å²) in [4.78, 5) is 6.83. The summed E-state index contributed by atoms with van der Waals surface area (Å²) in [5.41, 5.74) is 0. The molecule has 0 bridgehead atoms. The molecule has 0 amide bonds. The fourth-order valence-electron chi connectivity index (χ4n) is 2.35. The highest BCUT2D eigenvalue weighted by Gasteiger charge is 2.24. The molecule has 3 rings (SSSR count). The van der Waals surface area contributed by atoms with Gasteiger partial charge in [0.15, 0.2) is 5.82 Å². The highest BCUT2D eigenvalue weighted by Crippen LogP contribution is 2.18. The maximum Gasteiger partial charge on any atom is 0.180 e. The Morgan fingerprint density at radius 2 is 2.40 bits per heavy atom. The number of nitrogens with zero attached hydrogens (tertiary/aromatic N) is 5. The van der Waals surface area contributed by atoms with Crippen molar-refractivity contribution in [3.05, 3.63) is 30.1 Å². The molecule has 7 nitrogen and oxygen atoms in total. The van der Waals surface area contributed by atoms with Gasteiger partial charge in [-0.05, 0) is 6.07 Å². The van der Waals surface area contributed by atoms with Crippen molar-refractivity contribution in [2.75, 3.05) is 26.2 Å². The summed E-state index contributed by atoms with van der Waals surface area (Å²) in [6, 6.07) is 1.95. The van der Waals surface area contributed by atoms with Crippen molar-refractivity contribution >= 4 is 0 Å². The molecule has 0 aromatic carbocycles. The molecule has 1 fully saturated rings. The molecule has 1 atom stereocenters. The van der Waals surface area contributed by atoms with Crippen LogP contribution in [-0.2, 0) is 17.7 Å². The van der Waals surface area contributed by atoms with E-state index in [1.54, 1.807) is 0 Å². The van der Waals surface area contributed by atoms with Crippen LogP contribution in [0.2, 0.25) is 0 Å². The van der Waals surface area contributed by atoms with E-state index in [-0.39, 0.29) is 6.10 Å². The second kappa shape index (κ2) is 6.15. The van der Waals surface area contributed by atoms with Crippen molar-refractivity contribution in [2.24, 2.45) is 0 Å². The number of nitrogens with one attached hydrogen (secondary N) is 1. The first-order chi connectivity index (χ1) is 9.85. The average Bonchev–Trinajstić information content (AvgIpc) is 3.16. The maximum absolute atomic E-state index is 5.78. The van der Waals surface area contributed by atoms with Crippen LogP contribution in [0.15, 0.2) is 18.5 Å². The van der Waals surface area contributed by atoms with Gasteiger partial charge in [-0.3, -0.25) is 14.7 Å². The van der Waals surface area contributed by atoms with E-state index in [2.05, 4.69) is 32.1 Å². The summed E-state index contributed by atoms with van der Waals surface area (Å²) < 4.78 is 7.73. The maximum atomic E-state index is 5.78. The minimum absolute atomic E-state index is 0.0297. The Kier molecular flexibility index (Phi) is 4.08. The van der Waals surface area contributed by atoms with Crippen LogP contribution < -0.4 is 0 Å². The van der Waals surface area contributed by atoms with E-state index in [1.165, 1.54) is 0 Å². The minimum atomic E-state index is -0.0297. The third kappa shape index (κ3) is 3.05. The summed E-state index contributed by atoms with van der Waals surface area (Å²) >= 11 is 0. The highest BCUT2D eigenvalue weighted by atomic mass is 16.5. The fourth-order valence-corrected chi connectivity index (χ4v) is 2.35. The average molecular weight is 276 g/mol. The van der Waals surface area contributed by atoms with Gasteiger partial charge < -0.3 is 4.74 Å². The van der Waals surface area contributed by atoms with Crippen LogP contribution in [0.4, 0.5) is 0 Å². The number of aromatic amines is 1. The molecule has 20 heavy (non-hydrogen) atoms. The topological polar surface area (TPSA) is 71.9 Å². The number of aryl methyl sites for hydroxylation is 1. The SMILES string of the molecule is CCc1nc([C@@H]2CN(CCn3cccn3)CCO2)n[nH]1. The Labute approximate surface area is 117 Å². The summed E-state index contributed by atoms with van der Waals surface area (Å²) in [7, 11) is 0. The molecule has 0 spiro atoms. The molecule has 1 aliphatic heterocycles. The van der Waals surface area contributed by atoms with Gasteiger partial charge in [0.05, 0.1) is 13.2 Å². The zero-order valence-electron chi connectivity index (χ0n) is 11.7. The largest absolute Gasteiger partial charge is 0.367 e. The molecule has 0 unspecified atom stereocenters. The third-order valence-corrected chi connectivity index (χ3v) is 3.53. The van der Waals surface area contributed by atoms with E-state index in [1.807, 2.05) is 23.1 Å². The third-order valence-electron chi connectivity index (χ3n) is 3.53. The van der Waals surface area contributed by atoms with E-state index >= 15 is 0 Å². The van der Waals surface area contributed by atoms with Gasteiger partial charge in [0, 0.05) is 38.4 Å². The lowest BCUT2D eigenvalue weighted by molar-refractivity contribution is -0.0352. The van der Waals surface area contributed by atoms with Crippen molar-refractivity contribution in [1.29, 1.82) is 0 Å². The first-order valence-electron chi connectivity index (χ1n) is 7.07. The van der Waals surface area contributed by atoms with Crippen molar-refractivity contribution in [3.63, 3.8) is 0 Å². The molecule has 1 N–H and O–H groups in total. The quantitative estimate of drug-likeness (QED) is 0.867. The van der Waals surface area contributed by atoms with Crippen LogP contribution in [0.5, 0.6) is 0 Å². The molecule has 7 heteroatoms. The lowest BCUT2D eigenvalue weighted by Gasteiger charge is -2.31. The van der Waals surface area contributed by atoms with Crippen LogP contribution in [0.25, 0.3) is 0 Å². The molecular formula is C13H20N6O. The van der Waals surface area contributed by atoms with Gasteiger partial charge in [0.1, 0.15) is 11.9 Å². The number of rotatable bonds is 5. The monoisotopic (exact) mass is 276 g/mol. The van der Waals surface area contributed by atoms with Crippen LogP contribution >= 0.6 is 0 Å². The molecule has 0 radical (unpaired) electrons. The molecule has 2 aromatic heterocycles. The van der Waals surface area contributed by atoms with Gasteiger partial charge >= 0.3 is 0 Å². The number of hydrogen-bond donors (Lipinski definition) is 1. The minimum Gasteiger partial charge on any atom is -0.367 e. The zero-order chi connectivity index (χ0) is 13.8. The van der Waals surface area contributed by atoms with Crippen molar-refractivity contribution in [2.45, 2.75) is 26.0 Å². The van der Waals surface area contributed by atoms with Gasteiger partial charge in [0.25, 0.3) is 0 Å². The second-order valence-electron chi connectivity index (χ2n) is 4.92. The molecular weight excluding hydrogens is 256 g/mol. The number of aromatic nitrogens is 5. The van der Waals surface area contributed by atoms with E-state index in [9.17, 15) is 0 Å². The van der Waals surface area contributed by atoms with Crippen molar-refractivity contribution in [1.82, 2.24) is 29.9 Å². The van der Waals surface area contributed by atoms with Gasteiger partial charge in [-0.1, -0.05) is 6.92 Å². The number of morpholine rings is 1. The summed E-state index contributed by atoms with van der Waals surface area (Å²) in [6.45, 7) is 6.42. The Bertz CT molecular complexity index is 523. The first-order valence-corrected chi connectivity index (χ1v) is 7.07. The molecule has 108 valence electrons. The van der Waals surface area contributed by atoms with Crippen molar-refractivity contribution in [3.8, 4) is 0 Å². The number of hydrogen-bond acceptors (Lipinski definition) is 5. The van der Waals surface area contributed by atoms with E-state index < -0.39 is 0 Å². The van der Waals surface area contributed by atoms with Crippen LogP contribution in [0, 0.1) is 0 Å². The molecule has 0 saturated carbocycles. The standard InChI is InChI=1S/C13H20N6O/c1-2-12-15-13(17-16-12)11-10-18(8-9-20-11)6-7-19-5-3-4-14-19/h3-5,11H,2,6-10H2,1H3,(H,15,16,17)/t11-/m0/s1. The van der Waals surface area contributed by atoms with Crippen LogP contribution in [0.3, 0.4) is 0 Å². The Morgan fingerprint density at radius 1 is 1.45 bits per heavy atom. The first kappa shape index (κ1) is 13.3. The lowest BCUT2D eigenvalue weighted by atomic mass is 10.2. The van der Waals surface area contributed by atoms with Crippen molar-refractivity contribution < 1.29 is 4.74 Å². The second-order valence-corrected chi connectivity index (χ2v) is 4.92. The van der Waals surface area contributed by atoms with E-state index in [0.717, 1.165) is 50.9 Å². The number of H-pyrrole nitrogens is 1. The van der Waals surface area contributed by atoms with E-state index in [0.29, 0.717) is 0 Å². The Hall–Kier alpha value is -1.73. The molecule has 1 saturated heterocycles. The van der Waals surface area contributed by atoms with Gasteiger partial charge in [-0.15, -0.1) is 0 Å². The zero-order valence-corrected chi connectivity index (χ0v) is 11.7. The summed E-state index contributed by atoms with van der Waals surface area (Å²) in [5, 5.41) is 11.4. The molecule has 1 aliphatic rings. The Morgan fingerprint density at radius 3 is 3.15 bits per heavy atom. The summed E-state index contributed by atoms with van der Waals surface area (Å²) in [5.74, 6) is 1.68.